The fourth-order valence-electron chi connectivity index (χ4n) is 3.99. The SMILES string of the molecule is COc1ccc(CCNC(=O)Cn2cc(C(=O)c3ccc(Cl)cc3)c(=O)c3ccc(C)nc32)cc1OC. The Labute approximate surface area is 218 Å². The Morgan fingerprint density at radius 1 is 1.00 bits per heavy atom. The van der Waals surface area contributed by atoms with E-state index in [1.54, 1.807) is 62.1 Å². The molecule has 0 atom stereocenters. The van der Waals surface area contributed by atoms with Gasteiger partial charge in [0.1, 0.15) is 12.2 Å². The number of rotatable bonds is 9. The second kappa shape index (κ2) is 11.3. The number of halogens is 1. The molecule has 8 nitrogen and oxygen atoms in total. The van der Waals surface area contributed by atoms with Crippen LogP contribution in [-0.4, -0.2) is 42.0 Å². The lowest BCUT2D eigenvalue weighted by molar-refractivity contribution is -0.121. The van der Waals surface area contributed by atoms with Gasteiger partial charge in [0.2, 0.25) is 11.3 Å². The highest BCUT2D eigenvalue weighted by atomic mass is 35.5. The number of benzene rings is 2. The molecule has 1 amide bonds. The van der Waals surface area contributed by atoms with Gasteiger partial charge in [0.25, 0.3) is 0 Å². The summed E-state index contributed by atoms with van der Waals surface area (Å²) in [6, 6.07) is 15.2. The normalized spacial score (nSPS) is 10.8. The van der Waals surface area contributed by atoms with Crippen molar-refractivity contribution in [3.63, 3.8) is 0 Å². The first kappa shape index (κ1) is 25.9. The Kier molecular flexibility index (Phi) is 7.89. The van der Waals surface area contributed by atoms with Gasteiger partial charge >= 0.3 is 0 Å². The molecule has 0 radical (unpaired) electrons. The molecule has 1 N–H and O–H groups in total. The molecule has 4 rings (SSSR count). The number of amides is 1. The van der Waals surface area contributed by atoms with Crippen molar-refractivity contribution in [3.8, 4) is 11.5 Å². The van der Waals surface area contributed by atoms with Gasteiger partial charge in [0.15, 0.2) is 17.3 Å². The van der Waals surface area contributed by atoms with Gasteiger partial charge < -0.3 is 19.4 Å². The largest absolute Gasteiger partial charge is 0.493 e. The van der Waals surface area contributed by atoms with Gasteiger partial charge in [-0.1, -0.05) is 17.7 Å². The standard InChI is InChI=1S/C28H26ClN3O5/c1-17-4-10-21-27(35)22(26(34)19-6-8-20(29)9-7-19)15-32(28(21)31-17)16-25(33)30-13-12-18-5-11-23(36-2)24(14-18)37-3/h4-11,14-15H,12-13,16H2,1-3H3,(H,30,33). The maximum atomic E-state index is 13.2. The molecule has 37 heavy (non-hydrogen) atoms. The molecule has 0 saturated heterocycles. The van der Waals surface area contributed by atoms with Crippen LogP contribution in [0.15, 0.2) is 65.6 Å². The molecule has 0 aliphatic rings. The number of ketones is 1. The average Bonchev–Trinajstić information content (AvgIpc) is 2.90. The molecule has 2 heterocycles. The van der Waals surface area contributed by atoms with E-state index in [2.05, 4.69) is 10.3 Å². The molecule has 2 aromatic heterocycles. The first-order valence-corrected chi connectivity index (χ1v) is 12.0. The zero-order valence-electron chi connectivity index (χ0n) is 20.7. The lowest BCUT2D eigenvalue weighted by Crippen LogP contribution is -2.31. The number of methoxy groups -OCH3 is 2. The third-order valence-corrected chi connectivity index (χ3v) is 6.16. The molecule has 0 bridgehead atoms. The molecule has 9 heteroatoms. The summed E-state index contributed by atoms with van der Waals surface area (Å²) in [5, 5.41) is 3.64. The van der Waals surface area contributed by atoms with Crippen LogP contribution in [0.5, 0.6) is 11.5 Å². The lowest BCUT2D eigenvalue weighted by Gasteiger charge is -2.14. The molecular formula is C28H26ClN3O5. The highest BCUT2D eigenvalue weighted by molar-refractivity contribution is 6.30. The van der Waals surface area contributed by atoms with Crippen LogP contribution >= 0.6 is 11.6 Å². The quantitative estimate of drug-likeness (QED) is 0.336. The molecule has 0 unspecified atom stereocenters. The molecule has 0 saturated carbocycles. The smallest absolute Gasteiger partial charge is 0.240 e. The summed E-state index contributed by atoms with van der Waals surface area (Å²) >= 11 is 5.94. The number of ether oxygens (including phenoxy) is 2. The van der Waals surface area contributed by atoms with E-state index in [0.717, 1.165) is 5.56 Å². The van der Waals surface area contributed by atoms with Crippen molar-refractivity contribution in [2.75, 3.05) is 20.8 Å². The molecule has 0 spiro atoms. The third-order valence-electron chi connectivity index (χ3n) is 5.91. The Hall–Kier alpha value is -4.17. The Balaban J connectivity index is 1.56. The highest BCUT2D eigenvalue weighted by Gasteiger charge is 2.19. The highest BCUT2D eigenvalue weighted by Crippen LogP contribution is 2.27. The van der Waals surface area contributed by atoms with E-state index >= 15 is 0 Å². The van der Waals surface area contributed by atoms with Gasteiger partial charge in [-0.25, -0.2) is 4.98 Å². The number of carbonyl (C=O) groups is 2. The molecule has 190 valence electrons. The Morgan fingerprint density at radius 3 is 2.43 bits per heavy atom. The lowest BCUT2D eigenvalue weighted by atomic mass is 10.0. The minimum absolute atomic E-state index is 0.0430. The van der Waals surface area contributed by atoms with E-state index in [9.17, 15) is 14.4 Å². The van der Waals surface area contributed by atoms with E-state index in [0.29, 0.717) is 46.4 Å². The van der Waals surface area contributed by atoms with E-state index in [1.165, 1.54) is 6.20 Å². The van der Waals surface area contributed by atoms with Crippen molar-refractivity contribution in [3.05, 3.63) is 98.4 Å². The second-order valence-electron chi connectivity index (χ2n) is 8.45. The average molecular weight is 520 g/mol. The maximum absolute atomic E-state index is 13.2. The molecule has 0 fully saturated rings. The molecule has 2 aromatic carbocycles. The summed E-state index contributed by atoms with van der Waals surface area (Å²) in [6.07, 6.45) is 1.98. The van der Waals surface area contributed by atoms with Gasteiger partial charge in [-0.2, -0.15) is 0 Å². The first-order valence-electron chi connectivity index (χ1n) is 11.6. The summed E-state index contributed by atoms with van der Waals surface area (Å²) in [7, 11) is 3.14. The monoisotopic (exact) mass is 519 g/mol. The zero-order chi connectivity index (χ0) is 26.5. The van der Waals surface area contributed by atoms with Gasteiger partial charge in [-0.05, 0) is 67.4 Å². The van der Waals surface area contributed by atoms with Crippen LogP contribution in [0.4, 0.5) is 0 Å². The predicted octanol–water partition coefficient (Wildman–Crippen LogP) is 3.97. The fraction of sp³-hybridized carbons (Fsp3) is 0.214. The van der Waals surface area contributed by atoms with Gasteiger partial charge in [0, 0.05) is 29.0 Å². The number of aromatic nitrogens is 2. The van der Waals surface area contributed by atoms with Crippen LogP contribution in [0.1, 0.15) is 27.2 Å². The molecular weight excluding hydrogens is 494 g/mol. The summed E-state index contributed by atoms with van der Waals surface area (Å²) in [4.78, 5) is 43.6. The van der Waals surface area contributed by atoms with Crippen LogP contribution in [0.25, 0.3) is 11.0 Å². The van der Waals surface area contributed by atoms with Crippen LogP contribution in [0, 0.1) is 6.92 Å². The number of hydrogen-bond donors (Lipinski definition) is 1. The number of hydrogen-bond acceptors (Lipinski definition) is 6. The summed E-state index contributed by atoms with van der Waals surface area (Å²) in [6.45, 7) is 2.07. The number of carbonyl (C=O) groups excluding carboxylic acids is 2. The summed E-state index contributed by atoms with van der Waals surface area (Å²) < 4.78 is 12.1. The van der Waals surface area contributed by atoms with Gasteiger partial charge in [-0.15, -0.1) is 0 Å². The minimum atomic E-state index is -0.452. The number of nitrogens with one attached hydrogen (secondary N) is 1. The molecule has 0 aliphatic heterocycles. The predicted molar refractivity (Wildman–Crippen MR) is 142 cm³/mol. The third kappa shape index (κ3) is 5.81. The Morgan fingerprint density at radius 2 is 1.73 bits per heavy atom. The summed E-state index contributed by atoms with van der Waals surface area (Å²) in [5.74, 6) is 0.517. The number of pyridine rings is 2. The Bertz CT molecular complexity index is 1530. The van der Waals surface area contributed by atoms with Crippen molar-refractivity contribution in [2.24, 2.45) is 0 Å². The van der Waals surface area contributed by atoms with E-state index in [4.69, 9.17) is 21.1 Å². The van der Waals surface area contributed by atoms with E-state index < -0.39 is 11.2 Å². The van der Waals surface area contributed by atoms with Crippen molar-refractivity contribution in [2.45, 2.75) is 19.9 Å². The molecule has 0 aliphatic carbocycles. The van der Waals surface area contributed by atoms with Crippen molar-refractivity contribution < 1.29 is 19.1 Å². The van der Waals surface area contributed by atoms with Crippen LogP contribution in [-0.2, 0) is 17.8 Å². The number of nitrogens with zero attached hydrogens (tertiary/aromatic N) is 2. The van der Waals surface area contributed by atoms with Crippen LogP contribution < -0.4 is 20.2 Å². The van der Waals surface area contributed by atoms with Crippen molar-refractivity contribution in [1.82, 2.24) is 14.9 Å². The topological polar surface area (TPSA) is 99.5 Å². The van der Waals surface area contributed by atoms with Crippen molar-refractivity contribution >= 4 is 34.3 Å². The second-order valence-corrected chi connectivity index (χ2v) is 8.89. The molecule has 4 aromatic rings. The number of aryl methyl sites for hydroxylation is 1. The maximum Gasteiger partial charge on any atom is 0.240 e. The van der Waals surface area contributed by atoms with Gasteiger partial charge in [-0.3, -0.25) is 14.4 Å². The van der Waals surface area contributed by atoms with Crippen LogP contribution in [0.2, 0.25) is 5.02 Å². The van der Waals surface area contributed by atoms with Crippen molar-refractivity contribution in [1.29, 1.82) is 0 Å². The summed E-state index contributed by atoms with van der Waals surface area (Å²) in [5.41, 5.74) is 1.84. The fourth-order valence-corrected chi connectivity index (χ4v) is 4.12. The zero-order valence-corrected chi connectivity index (χ0v) is 21.5. The van der Waals surface area contributed by atoms with Gasteiger partial charge in [0.05, 0.1) is 25.2 Å². The van der Waals surface area contributed by atoms with E-state index in [-0.39, 0.29) is 23.4 Å². The van der Waals surface area contributed by atoms with E-state index in [1.807, 2.05) is 18.2 Å². The first-order chi connectivity index (χ1) is 17.8. The minimum Gasteiger partial charge on any atom is -0.493 e. The number of fused-ring (bicyclic) bond motifs is 1. The van der Waals surface area contributed by atoms with Crippen LogP contribution in [0.3, 0.4) is 0 Å².